The Morgan fingerprint density at radius 1 is 1.03 bits per heavy atom. The van der Waals surface area contributed by atoms with E-state index in [1.165, 1.54) is 25.3 Å². The second-order valence-electron chi connectivity index (χ2n) is 8.44. The van der Waals surface area contributed by atoms with E-state index in [4.69, 9.17) is 9.47 Å². The summed E-state index contributed by atoms with van der Waals surface area (Å²) < 4.78 is 12.4. The van der Waals surface area contributed by atoms with Crippen LogP contribution in [0.1, 0.15) is 61.4 Å². The van der Waals surface area contributed by atoms with Gasteiger partial charge in [-0.1, -0.05) is 18.9 Å². The standard InChI is InChI=1S/C24H27N3O6/c1-13(2)16-11-17(19(29)12-18(16)28)22-25-26-24(31)27(22)23(30)14-8-9-20(21(10-14)32-3)33-15-6-4-5-7-15/h8-13,15,28-29H,4-7H2,1-3H3,(H,26,31). The number of phenolic OH excluding ortho intramolecular Hbond substituents is 2. The monoisotopic (exact) mass is 453 g/mol. The van der Waals surface area contributed by atoms with Gasteiger partial charge in [-0.15, -0.1) is 5.10 Å². The predicted octanol–water partition coefficient (Wildman–Crippen LogP) is 4.20. The molecule has 174 valence electrons. The highest BCUT2D eigenvalue weighted by Crippen LogP contribution is 2.38. The molecular formula is C24H27N3O6. The highest BCUT2D eigenvalue weighted by Gasteiger charge is 2.26. The lowest BCUT2D eigenvalue weighted by atomic mass is 9.98. The number of ether oxygens (including phenoxy) is 2. The minimum absolute atomic E-state index is 0.0536. The Bertz CT molecular complexity index is 1180. The van der Waals surface area contributed by atoms with Gasteiger partial charge in [0, 0.05) is 11.6 Å². The van der Waals surface area contributed by atoms with E-state index >= 15 is 0 Å². The molecule has 0 radical (unpaired) electrons. The third kappa shape index (κ3) is 4.30. The summed E-state index contributed by atoms with van der Waals surface area (Å²) in [7, 11) is 1.49. The molecule has 1 aromatic heterocycles. The first-order valence-corrected chi connectivity index (χ1v) is 10.9. The third-order valence-corrected chi connectivity index (χ3v) is 5.86. The molecule has 2 aromatic carbocycles. The normalized spacial score (nSPS) is 14.1. The zero-order valence-corrected chi connectivity index (χ0v) is 18.8. The first-order chi connectivity index (χ1) is 15.8. The number of hydrogen-bond acceptors (Lipinski definition) is 8. The van der Waals surface area contributed by atoms with Crippen LogP contribution in [0.5, 0.6) is 29.0 Å². The second-order valence-corrected chi connectivity index (χ2v) is 8.44. The van der Waals surface area contributed by atoms with Gasteiger partial charge in [-0.2, -0.15) is 0 Å². The molecule has 1 fully saturated rings. The molecule has 0 bridgehead atoms. The molecule has 9 heteroatoms. The van der Waals surface area contributed by atoms with Crippen molar-refractivity contribution in [3.8, 4) is 40.4 Å². The van der Waals surface area contributed by atoms with Gasteiger partial charge in [-0.3, -0.25) is 4.79 Å². The quantitative estimate of drug-likeness (QED) is 0.507. The number of benzene rings is 2. The number of phenols is 2. The summed E-state index contributed by atoms with van der Waals surface area (Å²) in [5, 5.41) is 38.4. The summed E-state index contributed by atoms with van der Waals surface area (Å²) in [4.78, 5) is 13.3. The van der Waals surface area contributed by atoms with Crippen molar-refractivity contribution in [3.63, 3.8) is 0 Å². The highest BCUT2D eigenvalue weighted by atomic mass is 16.5. The average molecular weight is 453 g/mol. The fourth-order valence-electron chi connectivity index (χ4n) is 4.09. The Morgan fingerprint density at radius 3 is 2.42 bits per heavy atom. The van der Waals surface area contributed by atoms with E-state index in [1.54, 1.807) is 12.1 Å². The van der Waals surface area contributed by atoms with Crippen LogP contribution in [-0.2, 0) is 0 Å². The highest BCUT2D eigenvalue weighted by molar-refractivity contribution is 5.99. The summed E-state index contributed by atoms with van der Waals surface area (Å²) >= 11 is 0. The van der Waals surface area contributed by atoms with Crippen molar-refractivity contribution >= 4 is 5.91 Å². The first kappa shape index (κ1) is 22.4. The van der Waals surface area contributed by atoms with Gasteiger partial charge < -0.3 is 24.8 Å². The number of rotatable bonds is 6. The molecule has 9 nitrogen and oxygen atoms in total. The molecule has 0 spiro atoms. The molecule has 4 rings (SSSR count). The molecule has 1 saturated carbocycles. The summed E-state index contributed by atoms with van der Waals surface area (Å²) in [6.07, 6.45) is 4.34. The van der Waals surface area contributed by atoms with Crippen molar-refractivity contribution in [1.82, 2.24) is 14.8 Å². The van der Waals surface area contributed by atoms with Gasteiger partial charge in [0.05, 0.1) is 18.8 Å². The number of aromatic nitrogens is 3. The summed E-state index contributed by atoms with van der Waals surface area (Å²) in [5.74, 6) is -0.143. The van der Waals surface area contributed by atoms with Gasteiger partial charge >= 0.3 is 6.01 Å². The lowest BCUT2D eigenvalue weighted by molar-refractivity contribution is 0.0951. The zero-order valence-electron chi connectivity index (χ0n) is 18.8. The Morgan fingerprint density at radius 2 is 1.76 bits per heavy atom. The van der Waals surface area contributed by atoms with Crippen LogP contribution in [0.4, 0.5) is 0 Å². The van der Waals surface area contributed by atoms with Crippen LogP contribution in [0.25, 0.3) is 11.4 Å². The van der Waals surface area contributed by atoms with Gasteiger partial charge in [0.1, 0.15) is 11.5 Å². The average Bonchev–Trinajstić information content (AvgIpc) is 3.43. The first-order valence-electron chi connectivity index (χ1n) is 10.9. The number of hydrogen-bond donors (Lipinski definition) is 3. The zero-order chi connectivity index (χ0) is 23.7. The Kier molecular flexibility index (Phi) is 6.13. The summed E-state index contributed by atoms with van der Waals surface area (Å²) in [6, 6.07) is 6.87. The van der Waals surface area contributed by atoms with Gasteiger partial charge in [-0.05, 0) is 61.4 Å². The molecule has 0 unspecified atom stereocenters. The van der Waals surface area contributed by atoms with Crippen molar-refractivity contribution in [2.45, 2.75) is 51.6 Å². The maximum absolute atomic E-state index is 13.3. The topological polar surface area (TPSA) is 127 Å². The van der Waals surface area contributed by atoms with Crippen molar-refractivity contribution in [2.24, 2.45) is 0 Å². The second kappa shape index (κ2) is 9.01. The van der Waals surface area contributed by atoms with Gasteiger partial charge in [-0.25, -0.2) is 4.57 Å². The third-order valence-electron chi connectivity index (χ3n) is 5.86. The lowest BCUT2D eigenvalue weighted by Crippen LogP contribution is -2.15. The van der Waals surface area contributed by atoms with Crippen molar-refractivity contribution in [1.29, 1.82) is 0 Å². The molecule has 0 amide bonds. The molecule has 1 aliphatic carbocycles. The number of nitrogens with zero attached hydrogens (tertiary/aromatic N) is 3. The predicted molar refractivity (Wildman–Crippen MR) is 120 cm³/mol. The molecule has 33 heavy (non-hydrogen) atoms. The molecule has 0 atom stereocenters. The minimum atomic E-state index is -0.626. The maximum Gasteiger partial charge on any atom is 0.322 e. The number of aromatic hydroxyl groups is 3. The summed E-state index contributed by atoms with van der Waals surface area (Å²) in [5.41, 5.74) is 0.925. The smallest absolute Gasteiger partial charge is 0.322 e. The number of carbonyl (C=O) groups excluding carboxylic acids is 1. The van der Waals surface area contributed by atoms with Crippen LogP contribution in [0.15, 0.2) is 30.3 Å². The van der Waals surface area contributed by atoms with Crippen molar-refractivity contribution < 1.29 is 29.6 Å². The Hall–Kier alpha value is -3.75. The van der Waals surface area contributed by atoms with Crippen LogP contribution in [-0.4, -0.2) is 49.2 Å². The maximum atomic E-state index is 13.3. The SMILES string of the molecule is COc1cc(C(=O)n2c(O)nnc2-c2cc(C(C)C)c(O)cc2O)ccc1OC1CCCC1. The van der Waals surface area contributed by atoms with Crippen LogP contribution in [0.3, 0.4) is 0 Å². The van der Waals surface area contributed by atoms with E-state index in [0.717, 1.165) is 30.3 Å². The summed E-state index contributed by atoms with van der Waals surface area (Å²) in [6.45, 7) is 3.76. The van der Waals surface area contributed by atoms with E-state index in [0.29, 0.717) is 17.1 Å². The molecule has 1 heterocycles. The molecular weight excluding hydrogens is 426 g/mol. The van der Waals surface area contributed by atoms with Crippen molar-refractivity contribution in [2.75, 3.05) is 7.11 Å². The van der Waals surface area contributed by atoms with Crippen LogP contribution in [0.2, 0.25) is 0 Å². The van der Waals surface area contributed by atoms with Gasteiger partial charge in [0.15, 0.2) is 17.3 Å². The molecule has 1 aliphatic rings. The number of carbonyl (C=O) groups is 1. The minimum Gasteiger partial charge on any atom is -0.508 e. The van der Waals surface area contributed by atoms with E-state index in [-0.39, 0.29) is 40.5 Å². The van der Waals surface area contributed by atoms with Crippen LogP contribution in [0, 0.1) is 0 Å². The van der Waals surface area contributed by atoms with E-state index in [1.807, 2.05) is 13.8 Å². The molecule has 3 aromatic rings. The lowest BCUT2D eigenvalue weighted by Gasteiger charge is -2.17. The molecule has 0 saturated heterocycles. The fourth-order valence-corrected chi connectivity index (χ4v) is 4.09. The van der Waals surface area contributed by atoms with Crippen LogP contribution >= 0.6 is 0 Å². The van der Waals surface area contributed by atoms with E-state index in [9.17, 15) is 20.1 Å². The Balaban J connectivity index is 1.72. The van der Waals surface area contributed by atoms with Gasteiger partial charge in [0.2, 0.25) is 0 Å². The molecule has 3 N–H and O–H groups in total. The fraction of sp³-hybridized carbons (Fsp3) is 0.375. The van der Waals surface area contributed by atoms with E-state index < -0.39 is 11.9 Å². The van der Waals surface area contributed by atoms with Crippen LogP contribution < -0.4 is 9.47 Å². The van der Waals surface area contributed by atoms with E-state index in [2.05, 4.69) is 10.2 Å². The van der Waals surface area contributed by atoms with Crippen molar-refractivity contribution in [3.05, 3.63) is 41.5 Å². The molecule has 0 aliphatic heterocycles. The largest absolute Gasteiger partial charge is 0.508 e. The van der Waals surface area contributed by atoms with Gasteiger partial charge in [0.25, 0.3) is 5.91 Å². The number of methoxy groups -OCH3 is 1. The Labute approximate surface area is 191 Å².